The monoisotopic (exact) mass is 264 g/mol. The minimum Gasteiger partial charge on any atom is -0.460 e. The molecule has 0 heterocycles. The number of hydrogen-bond acceptors (Lipinski definition) is 5. The maximum atomic E-state index is 12.3. The summed E-state index contributed by atoms with van der Waals surface area (Å²) >= 11 is 0. The van der Waals surface area contributed by atoms with Crippen LogP contribution in [0.15, 0.2) is 0 Å². The van der Waals surface area contributed by atoms with E-state index in [1.807, 2.05) is 0 Å². The van der Waals surface area contributed by atoms with E-state index in [-0.39, 0.29) is 5.97 Å². The maximum absolute atomic E-state index is 12.3. The lowest BCUT2D eigenvalue weighted by molar-refractivity contribution is -0.156. The van der Waals surface area contributed by atoms with Crippen molar-refractivity contribution in [2.24, 2.45) is 5.92 Å². The summed E-state index contributed by atoms with van der Waals surface area (Å²) in [5, 5.41) is -0.751. The molecule has 17 heavy (non-hydrogen) atoms. The summed E-state index contributed by atoms with van der Waals surface area (Å²) in [5.41, 5.74) is -0.537. The Balaban J connectivity index is 2.76. The van der Waals surface area contributed by atoms with Gasteiger partial charge in [-0.25, -0.2) is 0 Å². The van der Waals surface area contributed by atoms with Crippen LogP contribution >= 0.6 is 7.60 Å². The zero-order valence-electron chi connectivity index (χ0n) is 11.3. The molecule has 0 unspecified atom stereocenters. The Labute approximate surface area is 102 Å². The molecule has 2 atom stereocenters. The first-order valence-electron chi connectivity index (χ1n) is 5.54. The van der Waals surface area contributed by atoms with Gasteiger partial charge in [-0.2, -0.15) is 0 Å². The van der Waals surface area contributed by atoms with E-state index in [1.54, 1.807) is 27.7 Å². The van der Waals surface area contributed by atoms with Crippen molar-refractivity contribution in [3.05, 3.63) is 0 Å². The number of hydrogen-bond donors (Lipinski definition) is 0. The van der Waals surface area contributed by atoms with Crippen LogP contribution in [0.2, 0.25) is 0 Å². The van der Waals surface area contributed by atoms with Crippen LogP contribution in [0.1, 0.15) is 34.1 Å². The lowest BCUT2D eigenvalue weighted by atomic mass is 10.2. The summed E-state index contributed by atoms with van der Waals surface area (Å²) in [6.45, 7) is 7.14. The highest BCUT2D eigenvalue weighted by Gasteiger charge is 2.68. The third kappa shape index (κ3) is 2.72. The van der Waals surface area contributed by atoms with E-state index in [1.165, 1.54) is 14.2 Å². The van der Waals surface area contributed by atoms with E-state index in [4.69, 9.17) is 13.8 Å². The lowest BCUT2D eigenvalue weighted by Gasteiger charge is -2.23. The van der Waals surface area contributed by atoms with Gasteiger partial charge in [0, 0.05) is 14.2 Å². The van der Waals surface area contributed by atoms with Crippen LogP contribution in [0, 0.1) is 5.92 Å². The van der Waals surface area contributed by atoms with Gasteiger partial charge in [-0.1, -0.05) is 0 Å². The van der Waals surface area contributed by atoms with Crippen molar-refractivity contribution in [3.63, 3.8) is 0 Å². The zero-order chi connectivity index (χ0) is 13.5. The molecule has 0 spiro atoms. The second-order valence-corrected chi connectivity index (χ2v) is 8.26. The van der Waals surface area contributed by atoms with Gasteiger partial charge in [0.1, 0.15) is 5.60 Å². The minimum absolute atomic E-state index is 0.339. The van der Waals surface area contributed by atoms with Crippen molar-refractivity contribution in [2.45, 2.75) is 44.9 Å². The van der Waals surface area contributed by atoms with E-state index in [0.717, 1.165) is 0 Å². The molecule has 5 nitrogen and oxygen atoms in total. The molecule has 0 bridgehead atoms. The Morgan fingerprint density at radius 3 is 2.12 bits per heavy atom. The normalized spacial score (nSPS) is 28.9. The second kappa shape index (κ2) is 4.38. The molecule has 100 valence electrons. The smallest absolute Gasteiger partial charge is 0.336 e. The Bertz CT molecular complexity index is 351. The summed E-state index contributed by atoms with van der Waals surface area (Å²) in [6, 6.07) is 0. The van der Waals surface area contributed by atoms with Gasteiger partial charge in [0.25, 0.3) is 0 Å². The summed E-state index contributed by atoms with van der Waals surface area (Å²) in [5.74, 6) is -0.748. The van der Waals surface area contributed by atoms with Crippen molar-refractivity contribution >= 4 is 13.6 Å². The minimum atomic E-state index is -3.23. The number of rotatable bonds is 4. The predicted molar refractivity (Wildman–Crippen MR) is 64.0 cm³/mol. The molecule has 0 aliphatic heterocycles. The van der Waals surface area contributed by atoms with Gasteiger partial charge in [-0.15, -0.1) is 0 Å². The van der Waals surface area contributed by atoms with Crippen molar-refractivity contribution in [1.29, 1.82) is 0 Å². The summed E-state index contributed by atoms with van der Waals surface area (Å²) in [7, 11) is -0.564. The second-order valence-electron chi connectivity index (χ2n) is 5.51. The van der Waals surface area contributed by atoms with Crippen LogP contribution in [0.5, 0.6) is 0 Å². The summed E-state index contributed by atoms with van der Waals surface area (Å²) < 4.78 is 27.4. The number of carbonyl (C=O) groups excluding carboxylic acids is 1. The molecule has 1 saturated carbocycles. The van der Waals surface area contributed by atoms with Crippen molar-refractivity contribution < 1.29 is 23.1 Å². The maximum Gasteiger partial charge on any atom is 0.336 e. The van der Waals surface area contributed by atoms with Gasteiger partial charge in [-0.3, -0.25) is 9.36 Å². The highest BCUT2D eigenvalue weighted by molar-refractivity contribution is 7.56. The van der Waals surface area contributed by atoms with Crippen molar-refractivity contribution in [2.75, 3.05) is 14.2 Å². The summed E-state index contributed by atoms with van der Waals surface area (Å²) in [4.78, 5) is 11.9. The van der Waals surface area contributed by atoms with Crippen LogP contribution in [0.3, 0.4) is 0 Å². The van der Waals surface area contributed by atoms with Gasteiger partial charge in [0.15, 0.2) is 0 Å². The largest absolute Gasteiger partial charge is 0.460 e. The lowest BCUT2D eigenvalue weighted by Crippen LogP contribution is -2.27. The Kier molecular flexibility index (Phi) is 3.78. The van der Waals surface area contributed by atoms with Gasteiger partial charge in [-0.05, 0) is 34.1 Å². The molecular weight excluding hydrogens is 243 g/mol. The third-order valence-electron chi connectivity index (χ3n) is 3.01. The van der Waals surface area contributed by atoms with Gasteiger partial charge in [0.2, 0.25) is 0 Å². The fourth-order valence-electron chi connectivity index (χ4n) is 1.86. The number of ether oxygens (including phenoxy) is 1. The number of carbonyl (C=O) groups is 1. The fraction of sp³-hybridized carbons (Fsp3) is 0.909. The molecule has 0 aromatic carbocycles. The van der Waals surface area contributed by atoms with E-state index in [0.29, 0.717) is 6.42 Å². The molecule has 0 saturated heterocycles. The molecule has 1 aliphatic carbocycles. The van der Waals surface area contributed by atoms with E-state index in [2.05, 4.69) is 0 Å². The Morgan fingerprint density at radius 2 is 1.76 bits per heavy atom. The van der Waals surface area contributed by atoms with Gasteiger partial charge >= 0.3 is 13.6 Å². The molecular formula is C11H21O5P. The van der Waals surface area contributed by atoms with Crippen molar-refractivity contribution in [3.8, 4) is 0 Å². The average Bonchev–Trinajstić information content (AvgIpc) is 2.89. The van der Waals surface area contributed by atoms with Gasteiger partial charge < -0.3 is 13.8 Å². The molecule has 0 radical (unpaired) electrons. The summed E-state index contributed by atoms with van der Waals surface area (Å²) in [6.07, 6.45) is 0.473. The van der Waals surface area contributed by atoms with Crippen LogP contribution in [-0.4, -0.2) is 30.9 Å². The SMILES string of the molecule is COP(=O)(OC)[C@]1(C)C[C@@H]1C(=O)OC(C)(C)C. The van der Waals surface area contributed by atoms with E-state index < -0.39 is 24.3 Å². The highest BCUT2D eigenvalue weighted by Crippen LogP contribution is 2.73. The van der Waals surface area contributed by atoms with Crippen LogP contribution in [0.25, 0.3) is 0 Å². The first-order valence-corrected chi connectivity index (χ1v) is 7.08. The quantitative estimate of drug-likeness (QED) is 0.577. The average molecular weight is 264 g/mol. The molecule has 0 amide bonds. The Morgan fingerprint density at radius 1 is 1.29 bits per heavy atom. The molecule has 6 heteroatoms. The van der Waals surface area contributed by atoms with E-state index >= 15 is 0 Å². The number of esters is 1. The topological polar surface area (TPSA) is 61.8 Å². The highest BCUT2D eigenvalue weighted by atomic mass is 31.2. The predicted octanol–water partition coefficient (Wildman–Crippen LogP) is 2.59. The third-order valence-corrected chi connectivity index (χ3v) is 5.71. The molecule has 1 fully saturated rings. The van der Waals surface area contributed by atoms with Crippen LogP contribution in [0.4, 0.5) is 0 Å². The Hall–Kier alpha value is -0.380. The van der Waals surface area contributed by atoms with Gasteiger partial charge in [0.05, 0.1) is 11.1 Å². The molecule has 1 aliphatic rings. The van der Waals surface area contributed by atoms with Crippen molar-refractivity contribution in [1.82, 2.24) is 0 Å². The van der Waals surface area contributed by atoms with Crippen LogP contribution < -0.4 is 0 Å². The fourth-order valence-corrected chi connectivity index (χ4v) is 3.74. The first-order chi connectivity index (χ1) is 7.59. The molecule has 0 aromatic heterocycles. The van der Waals surface area contributed by atoms with E-state index in [9.17, 15) is 9.36 Å². The molecule has 0 N–H and O–H groups in total. The standard InChI is InChI=1S/C11H21O5P/c1-10(2,3)16-9(12)8-7-11(8,4)17(13,14-5)15-6/h8H,7H2,1-6H3/t8-,11-/m1/s1. The zero-order valence-corrected chi connectivity index (χ0v) is 12.2. The van der Waals surface area contributed by atoms with Crippen LogP contribution in [-0.2, 0) is 23.1 Å². The first kappa shape index (κ1) is 14.7. The molecule has 1 rings (SSSR count). The molecule has 0 aromatic rings.